The molecule has 2 N–H and O–H groups in total. The minimum absolute atomic E-state index is 0.0213. The number of aromatic amines is 1. The van der Waals surface area contributed by atoms with Gasteiger partial charge in [-0.15, -0.1) is 0 Å². The minimum atomic E-state index is -3.83. The van der Waals surface area contributed by atoms with Crippen LogP contribution in [-0.4, -0.2) is 42.3 Å². The van der Waals surface area contributed by atoms with Gasteiger partial charge in [0.15, 0.2) is 0 Å². The number of sulfonamides is 1. The number of aromatic nitrogens is 2. The van der Waals surface area contributed by atoms with Gasteiger partial charge in [-0.05, 0) is 31.0 Å². The second-order valence-corrected chi connectivity index (χ2v) is 7.92. The number of rotatable bonds is 4. The number of para-hydroxylation sites is 1. The number of hydrogen-bond acceptors (Lipinski definition) is 4. The van der Waals surface area contributed by atoms with E-state index in [9.17, 15) is 13.2 Å². The lowest BCUT2D eigenvalue weighted by Crippen LogP contribution is -2.27. The summed E-state index contributed by atoms with van der Waals surface area (Å²) in [6.45, 7) is 1.42. The quantitative estimate of drug-likeness (QED) is 0.738. The van der Waals surface area contributed by atoms with E-state index in [0.29, 0.717) is 24.3 Å². The number of benzene rings is 1. The summed E-state index contributed by atoms with van der Waals surface area (Å²) in [6.07, 6.45) is 4.91. The van der Waals surface area contributed by atoms with Crippen molar-refractivity contribution in [3.8, 4) is 0 Å². The SMILES string of the molecule is O=C(c1cc(S(=O)(=O)Nc2cccc3cccnc23)c[nH]1)N1CCCC1. The third-order valence-corrected chi connectivity index (χ3v) is 5.81. The third kappa shape index (κ3) is 3.03. The van der Waals surface area contributed by atoms with Crippen molar-refractivity contribution < 1.29 is 13.2 Å². The van der Waals surface area contributed by atoms with E-state index in [2.05, 4.69) is 14.7 Å². The van der Waals surface area contributed by atoms with Gasteiger partial charge in [-0.3, -0.25) is 14.5 Å². The van der Waals surface area contributed by atoms with E-state index in [1.165, 1.54) is 12.3 Å². The molecule has 0 unspecified atom stereocenters. The van der Waals surface area contributed by atoms with Crippen molar-refractivity contribution in [2.45, 2.75) is 17.7 Å². The number of pyridine rings is 1. The van der Waals surface area contributed by atoms with Crippen LogP contribution in [0.4, 0.5) is 5.69 Å². The van der Waals surface area contributed by atoms with Gasteiger partial charge in [0, 0.05) is 30.9 Å². The lowest BCUT2D eigenvalue weighted by Gasteiger charge is -2.13. The highest BCUT2D eigenvalue weighted by molar-refractivity contribution is 7.92. The molecule has 0 aliphatic carbocycles. The lowest BCUT2D eigenvalue weighted by atomic mass is 10.2. The zero-order valence-corrected chi connectivity index (χ0v) is 14.8. The van der Waals surface area contributed by atoms with E-state index >= 15 is 0 Å². The molecule has 3 aromatic rings. The average Bonchev–Trinajstić information content (AvgIpc) is 3.33. The fraction of sp³-hybridized carbons (Fsp3) is 0.222. The standard InChI is InChI=1S/C18H18N4O3S/c23-18(22-9-1-2-10-22)16-11-14(12-20-16)26(24,25)21-15-7-3-5-13-6-4-8-19-17(13)15/h3-8,11-12,20-21H,1-2,9-10H2. The van der Waals surface area contributed by atoms with Crippen molar-refractivity contribution in [1.82, 2.24) is 14.9 Å². The van der Waals surface area contributed by atoms with Gasteiger partial charge in [-0.2, -0.15) is 0 Å². The molecule has 7 nitrogen and oxygen atoms in total. The van der Waals surface area contributed by atoms with E-state index < -0.39 is 10.0 Å². The number of carbonyl (C=O) groups is 1. The van der Waals surface area contributed by atoms with E-state index in [4.69, 9.17) is 0 Å². The van der Waals surface area contributed by atoms with Crippen LogP contribution in [0.25, 0.3) is 10.9 Å². The summed E-state index contributed by atoms with van der Waals surface area (Å²) in [5.41, 5.74) is 1.25. The molecule has 2 aromatic heterocycles. The van der Waals surface area contributed by atoms with Crippen LogP contribution in [0.2, 0.25) is 0 Å². The maximum atomic E-state index is 12.7. The molecule has 0 saturated carbocycles. The van der Waals surface area contributed by atoms with Gasteiger partial charge in [0.2, 0.25) is 0 Å². The molecular formula is C18H18N4O3S. The Morgan fingerprint density at radius 3 is 2.73 bits per heavy atom. The first-order chi connectivity index (χ1) is 12.5. The predicted molar refractivity (Wildman–Crippen MR) is 98.5 cm³/mol. The molecule has 1 amide bonds. The third-order valence-electron chi connectivity index (χ3n) is 4.47. The van der Waals surface area contributed by atoms with E-state index in [-0.39, 0.29) is 16.5 Å². The van der Waals surface area contributed by atoms with Gasteiger partial charge in [0.1, 0.15) is 10.6 Å². The molecule has 1 saturated heterocycles. The number of H-pyrrole nitrogens is 1. The zero-order chi connectivity index (χ0) is 18.1. The van der Waals surface area contributed by atoms with Crippen LogP contribution in [0.5, 0.6) is 0 Å². The number of nitrogens with zero attached hydrogens (tertiary/aromatic N) is 2. The lowest BCUT2D eigenvalue weighted by molar-refractivity contribution is 0.0787. The molecule has 0 radical (unpaired) electrons. The van der Waals surface area contributed by atoms with E-state index in [1.807, 2.05) is 12.1 Å². The highest BCUT2D eigenvalue weighted by Gasteiger charge is 2.24. The Morgan fingerprint density at radius 1 is 1.15 bits per heavy atom. The topological polar surface area (TPSA) is 95.2 Å². The molecule has 1 fully saturated rings. The first-order valence-electron chi connectivity index (χ1n) is 8.39. The van der Waals surface area contributed by atoms with Gasteiger partial charge < -0.3 is 9.88 Å². The Bertz CT molecular complexity index is 1060. The number of likely N-dealkylation sites (tertiary alicyclic amines) is 1. The zero-order valence-electron chi connectivity index (χ0n) is 14.0. The number of fused-ring (bicyclic) bond motifs is 1. The Kier molecular flexibility index (Phi) is 4.12. The summed E-state index contributed by atoms with van der Waals surface area (Å²) in [6, 6.07) is 10.3. The van der Waals surface area contributed by atoms with Crippen LogP contribution in [0.3, 0.4) is 0 Å². The first-order valence-corrected chi connectivity index (χ1v) is 9.87. The van der Waals surface area contributed by atoms with Gasteiger partial charge >= 0.3 is 0 Å². The number of carbonyl (C=O) groups excluding carboxylic acids is 1. The smallest absolute Gasteiger partial charge is 0.270 e. The van der Waals surface area contributed by atoms with Crippen molar-refractivity contribution in [1.29, 1.82) is 0 Å². The van der Waals surface area contributed by atoms with E-state index in [0.717, 1.165) is 18.2 Å². The molecule has 1 aliphatic heterocycles. The monoisotopic (exact) mass is 370 g/mol. The molecule has 1 aromatic carbocycles. The Labute approximate surface area is 151 Å². The van der Waals surface area contributed by atoms with E-state index in [1.54, 1.807) is 29.3 Å². The van der Waals surface area contributed by atoms with Crippen molar-refractivity contribution in [2.24, 2.45) is 0 Å². The fourth-order valence-electron chi connectivity index (χ4n) is 3.13. The largest absolute Gasteiger partial charge is 0.356 e. The summed E-state index contributed by atoms with van der Waals surface area (Å²) in [5.74, 6) is -0.171. The van der Waals surface area contributed by atoms with Crippen molar-refractivity contribution in [2.75, 3.05) is 17.8 Å². The maximum absolute atomic E-state index is 12.7. The molecule has 1 aliphatic rings. The van der Waals surface area contributed by atoms with Gasteiger partial charge in [-0.25, -0.2) is 8.42 Å². The molecule has 8 heteroatoms. The van der Waals surface area contributed by atoms with Crippen LogP contribution < -0.4 is 4.72 Å². The predicted octanol–water partition coefficient (Wildman–Crippen LogP) is 2.60. The highest BCUT2D eigenvalue weighted by Crippen LogP contribution is 2.24. The molecule has 0 atom stereocenters. The average molecular weight is 370 g/mol. The molecule has 26 heavy (non-hydrogen) atoms. The molecule has 4 rings (SSSR count). The normalized spacial score (nSPS) is 14.7. The Hall–Kier alpha value is -2.87. The van der Waals surface area contributed by atoms with Crippen molar-refractivity contribution in [3.63, 3.8) is 0 Å². The highest BCUT2D eigenvalue weighted by atomic mass is 32.2. The molecule has 0 bridgehead atoms. The minimum Gasteiger partial charge on any atom is -0.356 e. The summed E-state index contributed by atoms with van der Waals surface area (Å²) < 4.78 is 28.0. The van der Waals surface area contributed by atoms with Crippen molar-refractivity contribution in [3.05, 3.63) is 54.5 Å². The fourth-order valence-corrected chi connectivity index (χ4v) is 4.19. The number of hydrogen-bond donors (Lipinski definition) is 2. The number of nitrogens with one attached hydrogen (secondary N) is 2. The number of amides is 1. The van der Waals surface area contributed by atoms with Crippen LogP contribution in [0, 0.1) is 0 Å². The first kappa shape index (κ1) is 16.6. The van der Waals surface area contributed by atoms with Crippen LogP contribution in [-0.2, 0) is 10.0 Å². The molecular weight excluding hydrogens is 352 g/mol. The van der Waals surface area contributed by atoms with Crippen LogP contribution in [0.1, 0.15) is 23.3 Å². The second kappa shape index (κ2) is 6.45. The molecule has 134 valence electrons. The van der Waals surface area contributed by atoms with Gasteiger partial charge in [-0.1, -0.05) is 18.2 Å². The van der Waals surface area contributed by atoms with Gasteiger partial charge in [0.25, 0.3) is 15.9 Å². The summed E-state index contributed by atoms with van der Waals surface area (Å²) in [5, 5.41) is 0.840. The van der Waals surface area contributed by atoms with Gasteiger partial charge in [0.05, 0.1) is 11.2 Å². The Balaban J connectivity index is 1.62. The van der Waals surface area contributed by atoms with Crippen LogP contribution in [0.15, 0.2) is 53.7 Å². The maximum Gasteiger partial charge on any atom is 0.270 e. The summed E-state index contributed by atoms with van der Waals surface area (Å²) in [4.78, 5) is 21.2. The molecule has 3 heterocycles. The molecule has 0 spiro atoms. The van der Waals surface area contributed by atoms with Crippen LogP contribution >= 0.6 is 0 Å². The second-order valence-electron chi connectivity index (χ2n) is 6.23. The number of anilines is 1. The van der Waals surface area contributed by atoms with Crippen molar-refractivity contribution >= 4 is 32.5 Å². The Morgan fingerprint density at radius 2 is 1.92 bits per heavy atom. The summed E-state index contributed by atoms with van der Waals surface area (Å²) >= 11 is 0. The summed E-state index contributed by atoms with van der Waals surface area (Å²) in [7, 11) is -3.83.